The normalized spacial score (nSPS) is 21.1. The fourth-order valence-electron chi connectivity index (χ4n) is 2.65. The number of carbonyl (C=O) groups is 1. The van der Waals surface area contributed by atoms with Gasteiger partial charge in [-0.3, -0.25) is 4.79 Å². The monoisotopic (exact) mass is 314 g/mol. The lowest BCUT2D eigenvalue weighted by atomic mass is 9.97. The molecule has 118 valence electrons. The van der Waals surface area contributed by atoms with Crippen molar-refractivity contribution >= 4 is 15.9 Å². The molecule has 2 heterocycles. The van der Waals surface area contributed by atoms with E-state index in [-0.39, 0.29) is 16.9 Å². The lowest BCUT2D eigenvalue weighted by molar-refractivity contribution is -0.119. The number of rotatable bonds is 4. The van der Waals surface area contributed by atoms with Crippen LogP contribution in [0.3, 0.4) is 0 Å². The topological polar surface area (TPSA) is 98.3 Å². The van der Waals surface area contributed by atoms with Gasteiger partial charge in [-0.2, -0.15) is 4.31 Å². The summed E-state index contributed by atoms with van der Waals surface area (Å²) in [4.78, 5) is 15.1. The Morgan fingerprint density at radius 3 is 2.71 bits per heavy atom. The van der Waals surface area contributed by atoms with Crippen molar-refractivity contribution in [1.29, 1.82) is 0 Å². The number of amides is 1. The van der Waals surface area contributed by atoms with E-state index in [1.54, 1.807) is 18.5 Å². The molecular formula is C13H22N4O3S. The highest BCUT2D eigenvalue weighted by Crippen LogP contribution is 2.24. The Labute approximate surface area is 125 Å². The van der Waals surface area contributed by atoms with E-state index in [9.17, 15) is 13.2 Å². The Hall–Kier alpha value is -1.41. The van der Waals surface area contributed by atoms with E-state index >= 15 is 0 Å². The average molecular weight is 314 g/mol. The smallest absolute Gasteiger partial charge is 0.262 e. The van der Waals surface area contributed by atoms with Gasteiger partial charge in [0.1, 0.15) is 5.82 Å². The number of aryl methyl sites for hydroxylation is 2. The molecule has 0 spiro atoms. The van der Waals surface area contributed by atoms with Crippen LogP contribution in [0.25, 0.3) is 0 Å². The van der Waals surface area contributed by atoms with Gasteiger partial charge in [-0.25, -0.2) is 13.4 Å². The van der Waals surface area contributed by atoms with Crippen LogP contribution in [0.4, 0.5) is 0 Å². The van der Waals surface area contributed by atoms with Crippen LogP contribution in [0.2, 0.25) is 0 Å². The molecule has 7 nitrogen and oxygen atoms in total. The summed E-state index contributed by atoms with van der Waals surface area (Å²) >= 11 is 0. The Balaban J connectivity index is 2.12. The molecule has 1 aromatic heterocycles. The van der Waals surface area contributed by atoms with Crippen LogP contribution in [-0.2, 0) is 21.9 Å². The van der Waals surface area contributed by atoms with Crippen molar-refractivity contribution in [3.8, 4) is 0 Å². The molecule has 8 heteroatoms. The second-order valence-electron chi connectivity index (χ2n) is 5.61. The van der Waals surface area contributed by atoms with Gasteiger partial charge in [0.25, 0.3) is 10.0 Å². The Morgan fingerprint density at radius 2 is 2.14 bits per heavy atom. The Kier molecular flexibility index (Phi) is 4.67. The molecule has 1 unspecified atom stereocenters. The van der Waals surface area contributed by atoms with Gasteiger partial charge in [-0.1, -0.05) is 0 Å². The van der Waals surface area contributed by atoms with E-state index in [1.807, 2.05) is 0 Å². The molecule has 1 saturated heterocycles. The van der Waals surface area contributed by atoms with Gasteiger partial charge < -0.3 is 10.3 Å². The van der Waals surface area contributed by atoms with Crippen molar-refractivity contribution in [1.82, 2.24) is 13.9 Å². The largest absolute Gasteiger partial charge is 0.370 e. The van der Waals surface area contributed by atoms with E-state index < -0.39 is 10.0 Å². The number of aromatic nitrogens is 2. The lowest BCUT2D eigenvalue weighted by Gasteiger charge is -2.18. The third-order valence-electron chi connectivity index (χ3n) is 3.99. The summed E-state index contributed by atoms with van der Waals surface area (Å²) in [5, 5.41) is 0.0934. The van der Waals surface area contributed by atoms with Crippen LogP contribution in [0, 0.1) is 12.8 Å². The van der Waals surface area contributed by atoms with E-state index in [2.05, 4.69) is 4.98 Å². The molecule has 2 rings (SSSR count). The van der Waals surface area contributed by atoms with Gasteiger partial charge >= 0.3 is 0 Å². The van der Waals surface area contributed by atoms with E-state index in [1.165, 1.54) is 10.5 Å². The number of hydrogen-bond acceptors (Lipinski definition) is 4. The number of nitrogens with zero attached hydrogens (tertiary/aromatic N) is 3. The molecule has 1 amide bonds. The maximum Gasteiger partial charge on any atom is 0.262 e. The second kappa shape index (κ2) is 6.15. The van der Waals surface area contributed by atoms with Crippen molar-refractivity contribution < 1.29 is 13.2 Å². The summed E-state index contributed by atoms with van der Waals surface area (Å²) < 4.78 is 28.3. The Morgan fingerprint density at radius 1 is 1.43 bits per heavy atom. The minimum Gasteiger partial charge on any atom is -0.370 e. The maximum atomic E-state index is 12.6. The van der Waals surface area contributed by atoms with Gasteiger partial charge in [0.2, 0.25) is 5.91 Å². The van der Waals surface area contributed by atoms with Crippen molar-refractivity contribution in [2.75, 3.05) is 13.1 Å². The first-order valence-corrected chi connectivity index (χ1v) is 8.53. The van der Waals surface area contributed by atoms with Gasteiger partial charge in [-0.05, 0) is 32.1 Å². The van der Waals surface area contributed by atoms with Crippen LogP contribution < -0.4 is 5.73 Å². The molecule has 1 atom stereocenters. The van der Waals surface area contributed by atoms with Crippen LogP contribution in [0.5, 0.6) is 0 Å². The van der Waals surface area contributed by atoms with Crippen LogP contribution >= 0.6 is 0 Å². The number of primary amides is 1. The van der Waals surface area contributed by atoms with E-state index in [4.69, 9.17) is 5.73 Å². The minimum absolute atomic E-state index is 0.0934. The number of imidazole rings is 1. The van der Waals surface area contributed by atoms with Crippen molar-refractivity contribution in [3.63, 3.8) is 0 Å². The fraction of sp³-hybridized carbons (Fsp3) is 0.692. The highest BCUT2D eigenvalue weighted by Gasteiger charge is 2.30. The summed E-state index contributed by atoms with van der Waals surface area (Å²) in [6, 6.07) is 0. The molecule has 0 aromatic carbocycles. The summed E-state index contributed by atoms with van der Waals surface area (Å²) in [6.07, 6.45) is 4.10. The highest BCUT2D eigenvalue weighted by molar-refractivity contribution is 7.89. The highest BCUT2D eigenvalue weighted by atomic mass is 32.2. The molecule has 1 aliphatic rings. The third kappa shape index (κ3) is 3.62. The molecule has 0 aliphatic carbocycles. The van der Waals surface area contributed by atoms with E-state index in [0.717, 1.165) is 12.8 Å². The molecule has 0 saturated carbocycles. The molecule has 0 bridgehead atoms. The Bertz CT molecular complexity index is 604. The minimum atomic E-state index is -3.55. The zero-order valence-corrected chi connectivity index (χ0v) is 13.3. The van der Waals surface area contributed by atoms with E-state index in [0.29, 0.717) is 31.8 Å². The fourth-order valence-corrected chi connectivity index (χ4v) is 4.17. The van der Waals surface area contributed by atoms with Crippen LogP contribution in [0.1, 0.15) is 31.5 Å². The van der Waals surface area contributed by atoms with Gasteiger partial charge in [0.15, 0.2) is 5.03 Å². The summed E-state index contributed by atoms with van der Waals surface area (Å²) in [5.74, 6) is 0.514. The van der Waals surface area contributed by atoms with Gasteiger partial charge in [0, 0.05) is 32.8 Å². The average Bonchev–Trinajstić information content (AvgIpc) is 2.62. The van der Waals surface area contributed by atoms with Crippen LogP contribution in [-0.4, -0.2) is 41.3 Å². The van der Waals surface area contributed by atoms with Crippen molar-refractivity contribution in [2.24, 2.45) is 18.7 Å². The molecule has 1 aromatic rings. The number of hydrogen-bond donors (Lipinski definition) is 1. The van der Waals surface area contributed by atoms with Gasteiger partial charge in [0.05, 0.1) is 0 Å². The van der Waals surface area contributed by atoms with Crippen molar-refractivity contribution in [3.05, 3.63) is 12.0 Å². The molecule has 1 fully saturated rings. The zero-order valence-electron chi connectivity index (χ0n) is 12.4. The predicted molar refractivity (Wildman–Crippen MR) is 77.9 cm³/mol. The first-order valence-electron chi connectivity index (χ1n) is 7.09. The zero-order chi connectivity index (χ0) is 15.6. The standard InChI is InChI=1S/C13H22N4O3S/c1-10-15-13(9-16(10)2)21(19,20)17-6-3-4-11(5-7-17)8-12(14)18/h9,11H,3-8H2,1-2H3,(H2,14,18). The quantitative estimate of drug-likeness (QED) is 0.869. The lowest BCUT2D eigenvalue weighted by Crippen LogP contribution is -2.32. The van der Waals surface area contributed by atoms with Crippen molar-refractivity contribution in [2.45, 2.75) is 37.6 Å². The first kappa shape index (κ1) is 16.0. The number of carbonyl (C=O) groups excluding carboxylic acids is 1. The molecule has 21 heavy (non-hydrogen) atoms. The maximum absolute atomic E-state index is 12.6. The number of sulfonamides is 1. The van der Waals surface area contributed by atoms with Gasteiger partial charge in [-0.15, -0.1) is 0 Å². The molecule has 1 aliphatic heterocycles. The summed E-state index contributed by atoms with van der Waals surface area (Å²) in [5.41, 5.74) is 5.22. The molecular weight excluding hydrogens is 292 g/mol. The number of nitrogens with two attached hydrogens (primary N) is 1. The van der Waals surface area contributed by atoms with Crippen LogP contribution in [0.15, 0.2) is 11.2 Å². The SMILES string of the molecule is Cc1nc(S(=O)(=O)N2CCCC(CC(N)=O)CC2)cn1C. The predicted octanol–water partition coefficient (Wildman–Crippen LogP) is 0.395. The summed E-state index contributed by atoms with van der Waals surface area (Å²) in [7, 11) is -1.78. The summed E-state index contributed by atoms with van der Waals surface area (Å²) in [6.45, 7) is 2.65. The third-order valence-corrected chi connectivity index (χ3v) is 5.76. The molecule has 0 radical (unpaired) electrons. The first-order chi connectivity index (χ1) is 9.80. The second-order valence-corrected chi connectivity index (χ2v) is 7.49. The molecule has 2 N–H and O–H groups in total.